The third kappa shape index (κ3) is 1.93. The molecular formula is C9H9BrFN. The van der Waals surface area contributed by atoms with E-state index in [1.165, 1.54) is 12.1 Å². The average Bonchev–Trinajstić information content (AvgIpc) is 2.03. The molecule has 0 saturated carbocycles. The first-order valence-corrected chi connectivity index (χ1v) is 4.27. The summed E-state index contributed by atoms with van der Waals surface area (Å²) < 4.78 is 13.8. The maximum atomic E-state index is 13.1. The van der Waals surface area contributed by atoms with Crippen LogP contribution in [0.25, 0.3) is 0 Å². The Hall–Kier alpha value is -0.670. The Kier molecular flexibility index (Phi) is 3.00. The zero-order valence-corrected chi connectivity index (χ0v) is 8.01. The van der Waals surface area contributed by atoms with Gasteiger partial charge in [-0.05, 0) is 12.1 Å². The average molecular weight is 230 g/mol. The summed E-state index contributed by atoms with van der Waals surface area (Å²) in [7, 11) is 0. The molecule has 1 atom stereocenters. The van der Waals surface area contributed by atoms with Gasteiger partial charge in [-0.3, -0.25) is 0 Å². The predicted octanol–water partition coefficient (Wildman–Crippen LogP) is 2.77. The molecule has 64 valence electrons. The Morgan fingerprint density at radius 1 is 1.58 bits per heavy atom. The smallest absolute Gasteiger partial charge is 0.129 e. The number of rotatable bonds is 2. The molecule has 1 aromatic rings. The fourth-order valence-corrected chi connectivity index (χ4v) is 1.23. The van der Waals surface area contributed by atoms with Crippen LogP contribution >= 0.6 is 15.9 Å². The molecule has 1 aromatic carbocycles. The first kappa shape index (κ1) is 9.42. The van der Waals surface area contributed by atoms with E-state index in [1.807, 2.05) is 0 Å². The summed E-state index contributed by atoms with van der Waals surface area (Å²) in [6, 6.07) is 4.35. The topological polar surface area (TPSA) is 26.0 Å². The van der Waals surface area contributed by atoms with Crippen LogP contribution in [0.5, 0.6) is 0 Å². The van der Waals surface area contributed by atoms with E-state index in [0.29, 0.717) is 10.0 Å². The van der Waals surface area contributed by atoms with Gasteiger partial charge in [-0.25, -0.2) is 4.39 Å². The molecule has 0 aromatic heterocycles. The highest BCUT2D eigenvalue weighted by Crippen LogP contribution is 2.19. The van der Waals surface area contributed by atoms with Crippen LogP contribution in [0.2, 0.25) is 0 Å². The summed E-state index contributed by atoms with van der Waals surface area (Å²) >= 11 is 3.16. The van der Waals surface area contributed by atoms with Gasteiger partial charge in [-0.15, -0.1) is 6.58 Å². The van der Waals surface area contributed by atoms with Crippen LogP contribution in [-0.2, 0) is 0 Å². The number of benzene rings is 1. The Labute approximate surface area is 79.2 Å². The first-order valence-electron chi connectivity index (χ1n) is 3.48. The summed E-state index contributed by atoms with van der Waals surface area (Å²) in [5, 5.41) is 0. The highest BCUT2D eigenvalue weighted by molar-refractivity contribution is 9.10. The fourth-order valence-electron chi connectivity index (χ4n) is 0.899. The summed E-state index contributed by atoms with van der Waals surface area (Å²) in [6.07, 6.45) is 1.51. The molecule has 0 radical (unpaired) electrons. The maximum absolute atomic E-state index is 13.1. The number of nitrogens with two attached hydrogens (primary N) is 1. The molecule has 0 saturated heterocycles. The molecule has 0 spiro atoms. The van der Waals surface area contributed by atoms with Crippen LogP contribution in [0.1, 0.15) is 11.6 Å². The Balaban J connectivity index is 3.09. The summed E-state index contributed by atoms with van der Waals surface area (Å²) in [6.45, 7) is 3.50. The normalized spacial score (nSPS) is 12.6. The van der Waals surface area contributed by atoms with Gasteiger partial charge in [0.1, 0.15) is 5.82 Å². The van der Waals surface area contributed by atoms with Crippen LogP contribution in [0, 0.1) is 5.82 Å². The lowest BCUT2D eigenvalue weighted by molar-refractivity contribution is 0.601. The van der Waals surface area contributed by atoms with Crippen molar-refractivity contribution in [2.45, 2.75) is 6.04 Å². The molecule has 3 heteroatoms. The highest BCUT2D eigenvalue weighted by atomic mass is 79.9. The van der Waals surface area contributed by atoms with E-state index in [9.17, 15) is 4.39 Å². The summed E-state index contributed by atoms with van der Waals surface area (Å²) in [5.74, 6) is -0.309. The van der Waals surface area contributed by atoms with E-state index in [4.69, 9.17) is 5.73 Å². The molecule has 1 rings (SSSR count). The van der Waals surface area contributed by atoms with Gasteiger partial charge in [-0.1, -0.05) is 28.1 Å². The predicted molar refractivity (Wildman–Crippen MR) is 51.2 cm³/mol. The summed E-state index contributed by atoms with van der Waals surface area (Å²) in [5.41, 5.74) is 6.04. The van der Waals surface area contributed by atoms with Crippen LogP contribution in [0.4, 0.5) is 4.39 Å². The van der Waals surface area contributed by atoms with E-state index < -0.39 is 6.04 Å². The monoisotopic (exact) mass is 229 g/mol. The molecular weight excluding hydrogens is 221 g/mol. The van der Waals surface area contributed by atoms with Gasteiger partial charge in [0, 0.05) is 10.0 Å². The second-order valence-corrected chi connectivity index (χ2v) is 3.34. The third-order valence-corrected chi connectivity index (χ3v) is 2.07. The van der Waals surface area contributed by atoms with Crippen molar-refractivity contribution in [3.63, 3.8) is 0 Å². The van der Waals surface area contributed by atoms with E-state index in [2.05, 4.69) is 22.5 Å². The molecule has 2 N–H and O–H groups in total. The molecule has 1 nitrogen and oxygen atoms in total. The molecule has 0 bridgehead atoms. The van der Waals surface area contributed by atoms with Crippen molar-refractivity contribution in [1.29, 1.82) is 0 Å². The van der Waals surface area contributed by atoms with E-state index in [-0.39, 0.29) is 5.82 Å². The Bertz CT molecular complexity index is 299. The van der Waals surface area contributed by atoms with Gasteiger partial charge >= 0.3 is 0 Å². The molecule has 0 aliphatic heterocycles. The quantitative estimate of drug-likeness (QED) is 0.776. The molecule has 0 aliphatic rings. The second-order valence-electron chi connectivity index (χ2n) is 2.43. The van der Waals surface area contributed by atoms with Gasteiger partial charge < -0.3 is 5.73 Å². The van der Waals surface area contributed by atoms with Crippen molar-refractivity contribution < 1.29 is 4.39 Å². The summed E-state index contributed by atoms with van der Waals surface area (Å²) in [4.78, 5) is 0. The van der Waals surface area contributed by atoms with Crippen molar-refractivity contribution in [1.82, 2.24) is 0 Å². The molecule has 0 aliphatic carbocycles. The molecule has 0 amide bonds. The van der Waals surface area contributed by atoms with Crippen LogP contribution in [0.3, 0.4) is 0 Å². The van der Waals surface area contributed by atoms with Crippen LogP contribution in [-0.4, -0.2) is 0 Å². The zero-order chi connectivity index (χ0) is 9.14. The van der Waals surface area contributed by atoms with Gasteiger partial charge in [0.2, 0.25) is 0 Å². The van der Waals surface area contributed by atoms with E-state index in [1.54, 1.807) is 12.1 Å². The van der Waals surface area contributed by atoms with Crippen LogP contribution in [0.15, 0.2) is 35.3 Å². The first-order chi connectivity index (χ1) is 5.65. The van der Waals surface area contributed by atoms with Crippen LogP contribution < -0.4 is 5.73 Å². The zero-order valence-electron chi connectivity index (χ0n) is 6.43. The third-order valence-electron chi connectivity index (χ3n) is 1.58. The Morgan fingerprint density at radius 2 is 2.25 bits per heavy atom. The van der Waals surface area contributed by atoms with Crippen molar-refractivity contribution in [2.24, 2.45) is 5.73 Å². The highest BCUT2D eigenvalue weighted by Gasteiger charge is 2.07. The van der Waals surface area contributed by atoms with Crippen molar-refractivity contribution in [2.75, 3.05) is 0 Å². The molecule has 0 heterocycles. The van der Waals surface area contributed by atoms with Gasteiger partial charge in [0.15, 0.2) is 0 Å². The molecule has 12 heavy (non-hydrogen) atoms. The van der Waals surface area contributed by atoms with Crippen molar-refractivity contribution >= 4 is 15.9 Å². The van der Waals surface area contributed by atoms with E-state index in [0.717, 1.165) is 0 Å². The minimum absolute atomic E-state index is 0.309. The van der Waals surface area contributed by atoms with Gasteiger partial charge in [0.05, 0.1) is 6.04 Å². The van der Waals surface area contributed by atoms with Crippen molar-refractivity contribution in [3.05, 3.63) is 46.7 Å². The molecule has 0 fully saturated rings. The lowest BCUT2D eigenvalue weighted by atomic mass is 10.1. The largest absolute Gasteiger partial charge is 0.321 e. The van der Waals surface area contributed by atoms with E-state index >= 15 is 0 Å². The Morgan fingerprint density at radius 3 is 2.75 bits per heavy atom. The number of halogens is 2. The number of hydrogen-bond donors (Lipinski definition) is 1. The fraction of sp³-hybridized carbons (Fsp3) is 0.111. The minimum Gasteiger partial charge on any atom is -0.321 e. The lowest BCUT2D eigenvalue weighted by Crippen LogP contribution is -2.08. The number of hydrogen-bond acceptors (Lipinski definition) is 1. The van der Waals surface area contributed by atoms with Gasteiger partial charge in [0.25, 0.3) is 0 Å². The maximum Gasteiger partial charge on any atom is 0.129 e. The lowest BCUT2D eigenvalue weighted by Gasteiger charge is -2.07. The van der Waals surface area contributed by atoms with Crippen molar-refractivity contribution in [3.8, 4) is 0 Å². The molecule has 0 unspecified atom stereocenters. The van der Waals surface area contributed by atoms with Gasteiger partial charge in [-0.2, -0.15) is 0 Å². The standard InChI is InChI=1S/C9H9BrFN/c1-2-9(12)7-4-3-6(10)5-8(7)11/h2-5,9H,1,12H2/t9-/m1/s1. The minimum atomic E-state index is -0.432. The second kappa shape index (κ2) is 3.83. The SMILES string of the molecule is C=C[C@@H](N)c1ccc(Br)cc1F.